The van der Waals surface area contributed by atoms with Gasteiger partial charge >= 0.3 is 0 Å². The van der Waals surface area contributed by atoms with Crippen LogP contribution in [0.3, 0.4) is 0 Å². The molecule has 0 bridgehead atoms. The van der Waals surface area contributed by atoms with Gasteiger partial charge in [0.1, 0.15) is 6.42 Å². The van der Waals surface area contributed by atoms with Crippen molar-refractivity contribution in [2.24, 2.45) is 0 Å². The first-order valence-electron chi connectivity index (χ1n) is 22.7. The maximum Gasteiger partial charge on any atom is 0.230 e. The molecule has 0 saturated heterocycles. The topological polar surface area (TPSA) is 98.7 Å². The predicted molar refractivity (Wildman–Crippen MR) is 239 cm³/mol. The van der Waals surface area contributed by atoms with Gasteiger partial charge < -0.3 is 20.8 Å². The summed E-state index contributed by atoms with van der Waals surface area (Å²) in [5, 5.41) is 36.1. The largest absolute Gasteiger partial charge is 0.387 e. The molecule has 0 heterocycles. The van der Waals surface area contributed by atoms with E-state index in [1.807, 2.05) is 48.5 Å². The number of aliphatic hydroxyl groups is 2. The van der Waals surface area contributed by atoms with Crippen molar-refractivity contribution in [1.29, 1.82) is 0 Å². The molecule has 0 aromatic heterocycles. The Kier molecular flexibility index (Phi) is 19.5. The van der Waals surface area contributed by atoms with Crippen molar-refractivity contribution >= 4 is 33.4 Å². The molecule has 0 fully saturated rings. The van der Waals surface area contributed by atoms with E-state index in [1.165, 1.54) is 0 Å². The Morgan fingerprint density at radius 3 is 1.11 bits per heavy atom. The molecular formula is C51H74N2O4. The van der Waals surface area contributed by atoms with Crippen LogP contribution in [0, 0.1) is 0 Å². The van der Waals surface area contributed by atoms with Crippen LogP contribution in [0.25, 0.3) is 21.5 Å². The first-order chi connectivity index (χ1) is 27.7. The van der Waals surface area contributed by atoms with Crippen LogP contribution >= 0.6 is 0 Å². The zero-order valence-corrected chi connectivity index (χ0v) is 35.8. The second-order valence-corrected chi connectivity index (χ2v) is 16.8. The summed E-state index contributed by atoms with van der Waals surface area (Å²) in [6.45, 7) is 8.74. The van der Waals surface area contributed by atoms with E-state index in [-0.39, 0.29) is 0 Å². The van der Waals surface area contributed by atoms with Gasteiger partial charge in [0.25, 0.3) is 0 Å². The van der Waals surface area contributed by atoms with Gasteiger partial charge in [0.05, 0.1) is 23.3 Å². The summed E-state index contributed by atoms with van der Waals surface area (Å²) in [7, 11) is 0. The number of fused-ring (bicyclic) bond motifs is 2. The number of nitrogens with one attached hydrogen (secondary N) is 2. The molecule has 4 rings (SSSR count). The fourth-order valence-corrected chi connectivity index (χ4v) is 8.84. The number of hydrogen-bond acceptors (Lipinski definition) is 4. The first-order valence-corrected chi connectivity index (χ1v) is 22.7. The molecule has 6 heteroatoms. The highest BCUT2D eigenvalue weighted by molar-refractivity contribution is 5.98. The van der Waals surface area contributed by atoms with Crippen molar-refractivity contribution in [1.82, 2.24) is 10.6 Å². The maximum absolute atomic E-state index is 14.3. The van der Waals surface area contributed by atoms with Crippen molar-refractivity contribution in [3.05, 3.63) is 96.1 Å². The standard InChI is InChI=1S/C51H74N2O4/c1-5-9-13-21-35-50(56,36-22-14-10-6-2)48(44-33-25-29-40-27-17-19-31-42(40)44)52-46(54)39-47(55)53-49(45-34-26-30-41-28-18-20-32-43(41)45)51(57,37-23-15-11-7-3)38-24-16-12-8-4/h17-20,25-34,48-49,56-57H,5-16,21-24,35-39H2,1-4H3,(H,52,54)(H,53,55)/t48-,49-/m0/s1. The van der Waals surface area contributed by atoms with Gasteiger partial charge in [-0.1, -0.05) is 215 Å². The minimum absolute atomic E-state index is 0.411. The second kappa shape index (κ2) is 24.2. The van der Waals surface area contributed by atoms with E-state index in [4.69, 9.17) is 0 Å². The molecule has 0 aliphatic rings. The van der Waals surface area contributed by atoms with Crippen molar-refractivity contribution in [3.63, 3.8) is 0 Å². The molecule has 0 aliphatic heterocycles. The Labute approximate surface area is 344 Å². The average molecular weight is 779 g/mol. The van der Waals surface area contributed by atoms with E-state index in [9.17, 15) is 19.8 Å². The summed E-state index contributed by atoms with van der Waals surface area (Å²) in [4.78, 5) is 28.6. The second-order valence-electron chi connectivity index (χ2n) is 16.8. The van der Waals surface area contributed by atoms with E-state index < -0.39 is 41.5 Å². The lowest BCUT2D eigenvalue weighted by Crippen LogP contribution is -2.49. The summed E-state index contributed by atoms with van der Waals surface area (Å²) in [6.07, 6.45) is 18.1. The number of benzene rings is 4. The van der Waals surface area contributed by atoms with Gasteiger partial charge in [0, 0.05) is 0 Å². The number of hydrogen-bond donors (Lipinski definition) is 4. The maximum atomic E-state index is 14.3. The predicted octanol–water partition coefficient (Wildman–Crippen LogP) is 12.7. The summed E-state index contributed by atoms with van der Waals surface area (Å²) < 4.78 is 0. The van der Waals surface area contributed by atoms with Crippen molar-refractivity contribution in [3.8, 4) is 0 Å². The molecule has 6 nitrogen and oxygen atoms in total. The highest BCUT2D eigenvalue weighted by Gasteiger charge is 2.41. The van der Waals surface area contributed by atoms with E-state index >= 15 is 0 Å². The Hall–Kier alpha value is -3.74. The lowest BCUT2D eigenvalue weighted by molar-refractivity contribution is -0.133. The lowest BCUT2D eigenvalue weighted by Gasteiger charge is -2.39. The summed E-state index contributed by atoms with van der Waals surface area (Å²) >= 11 is 0. The Morgan fingerprint density at radius 1 is 0.456 bits per heavy atom. The van der Waals surface area contributed by atoms with Gasteiger partial charge in [-0.3, -0.25) is 9.59 Å². The third-order valence-corrected chi connectivity index (χ3v) is 12.1. The average Bonchev–Trinajstić information content (AvgIpc) is 3.22. The van der Waals surface area contributed by atoms with Crippen molar-refractivity contribution in [2.45, 2.75) is 186 Å². The molecular weight excluding hydrogens is 705 g/mol. The van der Waals surface area contributed by atoms with Gasteiger partial charge in [0.2, 0.25) is 11.8 Å². The number of carbonyl (C=O) groups is 2. The van der Waals surface area contributed by atoms with E-state index in [0.29, 0.717) is 25.7 Å². The van der Waals surface area contributed by atoms with E-state index in [1.54, 1.807) is 0 Å². The summed E-state index contributed by atoms with van der Waals surface area (Å²) in [5.74, 6) is -0.867. The molecule has 0 spiro atoms. The summed E-state index contributed by atoms with van der Waals surface area (Å²) in [6, 6.07) is 27.0. The molecule has 4 aromatic rings. The zero-order chi connectivity index (χ0) is 40.9. The van der Waals surface area contributed by atoms with Gasteiger partial charge in [-0.15, -0.1) is 0 Å². The summed E-state index contributed by atoms with van der Waals surface area (Å²) in [5.41, 5.74) is -0.643. The molecule has 4 aromatic carbocycles. The monoisotopic (exact) mass is 779 g/mol. The van der Waals surface area contributed by atoms with Crippen LogP contribution in [-0.2, 0) is 9.59 Å². The lowest BCUT2D eigenvalue weighted by atomic mass is 9.78. The Morgan fingerprint density at radius 2 is 0.772 bits per heavy atom. The Bertz CT molecular complexity index is 1620. The molecule has 312 valence electrons. The smallest absolute Gasteiger partial charge is 0.230 e. The third kappa shape index (κ3) is 13.7. The number of rotatable bonds is 28. The number of unbranched alkanes of at least 4 members (excludes halogenated alkanes) is 12. The number of carbonyl (C=O) groups excluding carboxylic acids is 2. The Balaban J connectivity index is 1.69. The van der Waals surface area contributed by atoms with Crippen LogP contribution in [0.5, 0.6) is 0 Å². The molecule has 0 saturated carbocycles. The molecule has 0 unspecified atom stereocenters. The first kappa shape index (κ1) is 46.0. The fraction of sp³-hybridized carbons (Fsp3) is 0.569. The van der Waals surface area contributed by atoms with Crippen LogP contribution < -0.4 is 10.6 Å². The van der Waals surface area contributed by atoms with Crippen LogP contribution in [0.1, 0.15) is 186 Å². The highest BCUT2D eigenvalue weighted by atomic mass is 16.3. The van der Waals surface area contributed by atoms with Gasteiger partial charge in [-0.05, 0) is 58.4 Å². The number of amides is 2. The molecule has 0 aliphatic carbocycles. The van der Waals surface area contributed by atoms with E-state index in [2.05, 4.69) is 74.7 Å². The van der Waals surface area contributed by atoms with Gasteiger partial charge in [-0.25, -0.2) is 0 Å². The van der Waals surface area contributed by atoms with Crippen LogP contribution in [0.2, 0.25) is 0 Å². The normalized spacial score (nSPS) is 13.2. The zero-order valence-electron chi connectivity index (χ0n) is 35.8. The van der Waals surface area contributed by atoms with Crippen LogP contribution in [-0.4, -0.2) is 33.2 Å². The molecule has 0 radical (unpaired) electrons. The van der Waals surface area contributed by atoms with Crippen molar-refractivity contribution in [2.75, 3.05) is 0 Å². The van der Waals surface area contributed by atoms with Crippen molar-refractivity contribution < 1.29 is 19.8 Å². The third-order valence-electron chi connectivity index (χ3n) is 12.1. The minimum Gasteiger partial charge on any atom is -0.387 e. The highest BCUT2D eigenvalue weighted by Crippen LogP contribution is 2.40. The quantitative estimate of drug-likeness (QED) is 0.0341. The van der Waals surface area contributed by atoms with Crippen LogP contribution in [0.4, 0.5) is 0 Å². The SMILES string of the molecule is CCCCCCC(O)(CCCCCC)[C@@H](NC(=O)CC(=O)N[C@@H](c1cccc2ccccc12)C(O)(CCCCCC)CCCCCC)c1cccc2ccccc12. The van der Waals surface area contributed by atoms with E-state index in [0.717, 1.165) is 135 Å². The van der Waals surface area contributed by atoms with Crippen LogP contribution in [0.15, 0.2) is 84.9 Å². The minimum atomic E-state index is -1.19. The molecule has 57 heavy (non-hydrogen) atoms. The fourth-order valence-electron chi connectivity index (χ4n) is 8.84. The van der Waals surface area contributed by atoms with Gasteiger partial charge in [0.15, 0.2) is 0 Å². The molecule has 4 N–H and O–H groups in total. The molecule has 2 atom stereocenters. The molecule has 2 amide bonds. The van der Waals surface area contributed by atoms with Gasteiger partial charge in [-0.2, -0.15) is 0 Å².